The Labute approximate surface area is 221 Å². The first-order chi connectivity index (χ1) is 18.2. The van der Waals surface area contributed by atoms with Crippen molar-refractivity contribution < 1.29 is 12.8 Å². The van der Waals surface area contributed by atoms with Crippen molar-refractivity contribution in [2.75, 3.05) is 18.4 Å². The van der Waals surface area contributed by atoms with Crippen LogP contribution in [0.5, 0.6) is 0 Å². The second kappa shape index (κ2) is 8.89. The molecule has 2 heterocycles. The maximum atomic E-state index is 13.5. The van der Waals surface area contributed by atoms with E-state index >= 15 is 0 Å². The molecule has 0 bridgehead atoms. The second-order valence-electron chi connectivity index (χ2n) is 10.2. The number of fused-ring (bicyclic) bond motifs is 1. The molecule has 2 fully saturated rings. The fraction of sp³-hybridized carbons (Fsp3) is 0.241. The molecule has 0 amide bonds. The van der Waals surface area contributed by atoms with Crippen LogP contribution in [0.4, 0.5) is 15.8 Å². The summed E-state index contributed by atoms with van der Waals surface area (Å²) < 4.78 is 43.5. The van der Waals surface area contributed by atoms with Crippen molar-refractivity contribution in [3.05, 3.63) is 107 Å². The van der Waals surface area contributed by atoms with Gasteiger partial charge in [0.1, 0.15) is 5.82 Å². The number of aryl methyl sites for hydroxylation is 2. The zero-order chi connectivity index (χ0) is 26.7. The molecule has 6 rings (SSSR count). The SMILES string of the molecule is Cc1cc(Nc2ccc(F)cc2)c(C=N)cc1[C@]12CN(S(=O)(=O)c3ccn(C)n3)C[C@H]1[C@@H]2c1ccccc1. The molecule has 1 saturated heterocycles. The van der Waals surface area contributed by atoms with Gasteiger partial charge in [-0.05, 0) is 72.0 Å². The summed E-state index contributed by atoms with van der Waals surface area (Å²) in [6, 6.07) is 21.9. The number of halogens is 1. The van der Waals surface area contributed by atoms with Gasteiger partial charge in [0.25, 0.3) is 10.0 Å². The van der Waals surface area contributed by atoms with Crippen LogP contribution in [0, 0.1) is 24.1 Å². The molecular weight excluding hydrogens is 501 g/mol. The summed E-state index contributed by atoms with van der Waals surface area (Å²) in [5.41, 5.74) is 5.01. The molecule has 38 heavy (non-hydrogen) atoms. The monoisotopic (exact) mass is 529 g/mol. The number of sulfonamides is 1. The van der Waals surface area contributed by atoms with E-state index in [1.54, 1.807) is 29.7 Å². The Balaban J connectivity index is 1.41. The van der Waals surface area contributed by atoms with Crippen LogP contribution >= 0.6 is 0 Å². The smallest absolute Gasteiger partial charge is 0.262 e. The second-order valence-corrected chi connectivity index (χ2v) is 12.1. The lowest BCUT2D eigenvalue weighted by Gasteiger charge is -2.25. The number of piperidine rings is 1. The molecule has 0 radical (unpaired) electrons. The molecule has 194 valence electrons. The van der Waals surface area contributed by atoms with Crippen LogP contribution in [-0.2, 0) is 22.5 Å². The molecule has 4 aromatic rings. The van der Waals surface area contributed by atoms with E-state index in [1.807, 2.05) is 37.3 Å². The van der Waals surface area contributed by atoms with Gasteiger partial charge in [0.2, 0.25) is 0 Å². The predicted molar refractivity (Wildman–Crippen MR) is 145 cm³/mol. The van der Waals surface area contributed by atoms with Gasteiger partial charge in [-0.15, -0.1) is 0 Å². The molecule has 1 aliphatic carbocycles. The highest BCUT2D eigenvalue weighted by Crippen LogP contribution is 2.70. The van der Waals surface area contributed by atoms with Gasteiger partial charge in [0, 0.05) is 60.8 Å². The topological polar surface area (TPSA) is 91.1 Å². The highest BCUT2D eigenvalue weighted by atomic mass is 32.2. The van der Waals surface area contributed by atoms with Crippen molar-refractivity contribution in [1.29, 1.82) is 5.41 Å². The molecule has 1 aliphatic heterocycles. The van der Waals surface area contributed by atoms with Crippen molar-refractivity contribution in [3.8, 4) is 0 Å². The summed E-state index contributed by atoms with van der Waals surface area (Å²) >= 11 is 0. The van der Waals surface area contributed by atoms with E-state index in [0.29, 0.717) is 18.7 Å². The minimum Gasteiger partial charge on any atom is -0.355 e. The molecule has 2 aliphatic rings. The Morgan fingerprint density at radius 1 is 1.11 bits per heavy atom. The molecule has 2 N–H and O–H groups in total. The summed E-state index contributed by atoms with van der Waals surface area (Å²) in [5, 5.41) is 15.7. The largest absolute Gasteiger partial charge is 0.355 e. The lowest BCUT2D eigenvalue weighted by Crippen LogP contribution is -2.35. The van der Waals surface area contributed by atoms with Gasteiger partial charge in [-0.1, -0.05) is 30.3 Å². The summed E-state index contributed by atoms with van der Waals surface area (Å²) in [6.45, 7) is 2.79. The van der Waals surface area contributed by atoms with Crippen molar-refractivity contribution >= 4 is 27.6 Å². The van der Waals surface area contributed by atoms with Gasteiger partial charge >= 0.3 is 0 Å². The van der Waals surface area contributed by atoms with Gasteiger partial charge < -0.3 is 10.7 Å². The molecular formula is C29H28FN5O2S. The van der Waals surface area contributed by atoms with Gasteiger partial charge in [-0.3, -0.25) is 4.68 Å². The summed E-state index contributed by atoms with van der Waals surface area (Å²) in [4.78, 5) is 0. The molecule has 0 spiro atoms. The van der Waals surface area contributed by atoms with Gasteiger partial charge in [0.05, 0.1) is 0 Å². The number of benzene rings is 3. The first kappa shape index (κ1) is 24.5. The number of hydrogen-bond acceptors (Lipinski definition) is 5. The van der Waals surface area contributed by atoms with Crippen LogP contribution < -0.4 is 5.32 Å². The number of anilines is 2. The predicted octanol–water partition coefficient (Wildman–Crippen LogP) is 4.96. The Kier molecular flexibility index (Phi) is 5.73. The zero-order valence-electron chi connectivity index (χ0n) is 21.1. The molecule has 0 unspecified atom stereocenters. The molecule has 1 aromatic heterocycles. The first-order valence-electron chi connectivity index (χ1n) is 12.5. The summed E-state index contributed by atoms with van der Waals surface area (Å²) in [5.74, 6) is -0.0321. The van der Waals surface area contributed by atoms with Crippen LogP contribution in [0.1, 0.15) is 28.2 Å². The highest BCUT2D eigenvalue weighted by molar-refractivity contribution is 7.89. The van der Waals surface area contributed by atoms with Crippen molar-refractivity contribution in [1.82, 2.24) is 14.1 Å². The third-order valence-electron chi connectivity index (χ3n) is 7.98. The van der Waals surface area contributed by atoms with E-state index in [-0.39, 0.29) is 22.7 Å². The van der Waals surface area contributed by atoms with Crippen molar-refractivity contribution in [2.24, 2.45) is 13.0 Å². The Hall–Kier alpha value is -3.82. The molecule has 1 saturated carbocycles. The van der Waals surface area contributed by atoms with Gasteiger partial charge in [-0.2, -0.15) is 9.40 Å². The minimum absolute atomic E-state index is 0.0588. The van der Waals surface area contributed by atoms with Crippen LogP contribution in [-0.4, -0.2) is 41.8 Å². The van der Waals surface area contributed by atoms with Gasteiger partial charge in [-0.25, -0.2) is 12.8 Å². The molecule has 3 atom stereocenters. The lowest BCUT2D eigenvalue weighted by atomic mass is 9.86. The Morgan fingerprint density at radius 2 is 1.84 bits per heavy atom. The van der Waals surface area contributed by atoms with Crippen LogP contribution in [0.3, 0.4) is 0 Å². The Morgan fingerprint density at radius 3 is 2.50 bits per heavy atom. The first-order valence-corrected chi connectivity index (χ1v) is 13.9. The normalized spacial score (nSPS) is 22.7. The molecule has 7 nitrogen and oxygen atoms in total. The standard InChI is InChI=1S/C29H28FN5O2S/c1-19-14-26(32-23-10-8-22(30)9-11-23)21(16-31)15-24(19)29-18-35(38(36,37)27-12-13-34(2)33-27)17-25(29)28(29)20-6-4-3-5-7-20/h3-16,25,28,31-32H,17-18H2,1-2H3/t25-,28-,29+/m0/s1. The third-order valence-corrected chi connectivity index (χ3v) is 9.68. The molecule has 3 aromatic carbocycles. The van der Waals surface area contributed by atoms with Crippen molar-refractivity contribution in [2.45, 2.75) is 23.3 Å². The van der Waals surface area contributed by atoms with E-state index in [0.717, 1.165) is 22.5 Å². The fourth-order valence-electron chi connectivity index (χ4n) is 6.21. The maximum Gasteiger partial charge on any atom is 0.262 e. The number of nitrogens with one attached hydrogen (secondary N) is 2. The Bertz CT molecular complexity index is 1640. The van der Waals surface area contributed by atoms with Crippen LogP contribution in [0.15, 0.2) is 84.0 Å². The number of hydrogen-bond donors (Lipinski definition) is 2. The van der Waals surface area contributed by atoms with E-state index in [2.05, 4.69) is 22.5 Å². The van der Waals surface area contributed by atoms with Crippen LogP contribution in [0.25, 0.3) is 0 Å². The maximum absolute atomic E-state index is 13.5. The van der Waals surface area contributed by atoms with E-state index < -0.39 is 15.4 Å². The number of nitrogens with zero attached hydrogens (tertiary/aromatic N) is 3. The average molecular weight is 530 g/mol. The molecule has 9 heteroatoms. The fourth-order valence-corrected chi connectivity index (χ4v) is 7.68. The van der Waals surface area contributed by atoms with Crippen LogP contribution in [0.2, 0.25) is 0 Å². The third kappa shape index (κ3) is 3.85. The number of aromatic nitrogens is 2. The lowest BCUT2D eigenvalue weighted by molar-refractivity contribution is 0.418. The van der Waals surface area contributed by atoms with E-state index in [9.17, 15) is 12.8 Å². The highest BCUT2D eigenvalue weighted by Gasteiger charge is 2.71. The zero-order valence-corrected chi connectivity index (χ0v) is 21.9. The van der Waals surface area contributed by atoms with E-state index in [1.165, 1.54) is 34.7 Å². The minimum atomic E-state index is -3.74. The number of rotatable bonds is 7. The van der Waals surface area contributed by atoms with E-state index in [4.69, 9.17) is 5.41 Å². The summed E-state index contributed by atoms with van der Waals surface area (Å²) in [6.07, 6.45) is 2.94. The average Bonchev–Trinajstić information content (AvgIpc) is 3.18. The van der Waals surface area contributed by atoms with Gasteiger partial charge in [0.15, 0.2) is 5.03 Å². The van der Waals surface area contributed by atoms with Crippen molar-refractivity contribution in [3.63, 3.8) is 0 Å². The quantitative estimate of drug-likeness (QED) is 0.331. The summed E-state index contributed by atoms with van der Waals surface area (Å²) in [7, 11) is -2.03.